The normalized spacial score (nSPS) is 11.1. The summed E-state index contributed by atoms with van der Waals surface area (Å²) in [5.74, 6) is 0. The van der Waals surface area contributed by atoms with Crippen LogP contribution in [0.25, 0.3) is 22.4 Å². The molecular weight excluding hydrogens is 488 g/mol. The van der Waals surface area contributed by atoms with Crippen LogP contribution in [0.3, 0.4) is 0 Å². The number of aromatic nitrogens is 1. The summed E-state index contributed by atoms with van der Waals surface area (Å²) in [6.07, 6.45) is 0.871. The second-order valence-electron chi connectivity index (χ2n) is 7.67. The van der Waals surface area contributed by atoms with Gasteiger partial charge in [-0.25, -0.2) is 13.6 Å². The Labute approximate surface area is 208 Å². The second-order valence-corrected chi connectivity index (χ2v) is 9.61. The molecule has 0 unspecified atom stereocenters. The summed E-state index contributed by atoms with van der Waals surface area (Å²) in [4.78, 5) is 0.125. The Morgan fingerprint density at radius 3 is 1.77 bits per heavy atom. The van der Waals surface area contributed by atoms with Crippen molar-refractivity contribution >= 4 is 10.0 Å². The van der Waals surface area contributed by atoms with Crippen LogP contribution in [0.15, 0.2) is 102 Å². The first kappa shape index (κ1) is 26.5. The fourth-order valence-corrected chi connectivity index (χ4v) is 4.29. The van der Waals surface area contributed by atoms with Crippen LogP contribution >= 0.6 is 0 Å². The Bertz CT molecular complexity index is 1350. The predicted molar refractivity (Wildman–Crippen MR) is 124 cm³/mol. The summed E-state index contributed by atoms with van der Waals surface area (Å²) in [7, 11) is -6.55. The zero-order chi connectivity index (χ0) is 25.4. The Balaban J connectivity index is 0.000000795. The molecule has 0 spiro atoms. The summed E-state index contributed by atoms with van der Waals surface area (Å²) in [6.45, 7) is 2.78. The van der Waals surface area contributed by atoms with Gasteiger partial charge in [-0.2, -0.15) is 4.57 Å². The lowest BCUT2D eigenvalue weighted by Crippen LogP contribution is -2.42. The fourth-order valence-electron chi connectivity index (χ4n) is 3.77. The summed E-state index contributed by atoms with van der Waals surface area (Å²) in [5, 5.41) is 5.24. The molecule has 0 aliphatic rings. The quantitative estimate of drug-likeness (QED) is 0.385. The van der Waals surface area contributed by atoms with Crippen LogP contribution < -0.4 is 23.7 Å². The second kappa shape index (κ2) is 12.0. The largest absolute Gasteiger partial charge is 0.357 e. The minimum absolute atomic E-state index is 0.125. The zero-order valence-corrected chi connectivity index (χ0v) is 20.6. The van der Waals surface area contributed by atoms with Crippen LogP contribution in [0, 0.1) is 10.8 Å². The topological polar surface area (TPSA) is 133 Å². The van der Waals surface area contributed by atoms with Gasteiger partial charge in [0.15, 0.2) is 12.2 Å². The lowest BCUT2D eigenvalue weighted by atomic mass is 10.0. The molecule has 0 bridgehead atoms. The highest BCUT2D eigenvalue weighted by molar-refractivity contribution is 7.89. The molecule has 2 N–H and O–H groups in total. The molecule has 4 aromatic rings. The third-order valence-electron chi connectivity index (χ3n) is 5.38. The average molecular weight is 513 g/mol. The first-order valence-electron chi connectivity index (χ1n) is 10.7. The van der Waals surface area contributed by atoms with Crippen LogP contribution in [0.5, 0.6) is 0 Å². The number of sulfonamides is 1. The van der Waals surface area contributed by atoms with E-state index in [0.29, 0.717) is 6.54 Å². The number of hydrogen-bond acceptors (Lipinski definition) is 5. The van der Waals surface area contributed by atoms with Gasteiger partial charge in [0.2, 0.25) is 15.7 Å². The Hall–Kier alpha value is -3.11. The van der Waals surface area contributed by atoms with Crippen molar-refractivity contribution in [3.8, 4) is 22.4 Å². The molecular formula is C26H25ClN2O5S. The highest BCUT2D eigenvalue weighted by Gasteiger charge is 2.21. The van der Waals surface area contributed by atoms with Gasteiger partial charge in [0.05, 0.1) is 15.7 Å². The lowest BCUT2D eigenvalue weighted by molar-refractivity contribution is -1.73. The number of aryl methyl sites for hydroxylation is 1. The van der Waals surface area contributed by atoms with Crippen molar-refractivity contribution in [3.63, 3.8) is 0 Å². The minimum atomic E-state index is -3.70. The Morgan fingerprint density at radius 2 is 1.29 bits per heavy atom. The number of rotatable bonds is 6. The van der Waals surface area contributed by atoms with E-state index in [9.17, 15) is 8.42 Å². The van der Waals surface area contributed by atoms with Crippen molar-refractivity contribution in [2.24, 2.45) is 5.14 Å². The molecule has 0 aliphatic carbocycles. The maximum Gasteiger partial charge on any atom is 0.238 e. The first-order valence-corrected chi connectivity index (χ1v) is 13.2. The number of benzene rings is 3. The van der Waals surface area contributed by atoms with Gasteiger partial charge in [-0.1, -0.05) is 67.6 Å². The third kappa shape index (κ3) is 7.43. The SMILES string of the molecule is CCc1cc(-c2ccccc2)cc(-c2ccccc2)[n+]1Cc1ccc(S(N)(=O)=O)cc1.[O-][Cl+2]([O-])[O-]. The number of nitrogens with zero attached hydrogens (tertiary/aromatic N) is 1. The van der Waals surface area contributed by atoms with E-state index in [4.69, 9.17) is 19.1 Å². The van der Waals surface area contributed by atoms with E-state index >= 15 is 0 Å². The summed E-state index contributed by atoms with van der Waals surface area (Å²) < 4.78 is 50.7. The van der Waals surface area contributed by atoms with E-state index in [1.54, 1.807) is 12.1 Å². The molecule has 0 saturated heterocycles. The van der Waals surface area contributed by atoms with Gasteiger partial charge in [-0.05, 0) is 35.4 Å². The molecule has 9 heteroatoms. The molecule has 0 amide bonds. The van der Waals surface area contributed by atoms with Gasteiger partial charge in [0.25, 0.3) is 0 Å². The van der Waals surface area contributed by atoms with Crippen molar-refractivity contribution in [3.05, 3.63) is 108 Å². The average Bonchev–Trinajstić information content (AvgIpc) is 2.84. The van der Waals surface area contributed by atoms with Crippen molar-refractivity contribution in [1.29, 1.82) is 0 Å². The minimum Gasteiger partial charge on any atom is -0.357 e. The van der Waals surface area contributed by atoms with Crippen LogP contribution in [-0.2, 0) is 23.0 Å². The molecule has 7 nitrogen and oxygen atoms in total. The van der Waals surface area contributed by atoms with Crippen LogP contribution in [0.4, 0.5) is 0 Å². The van der Waals surface area contributed by atoms with Crippen LogP contribution in [0.1, 0.15) is 18.2 Å². The van der Waals surface area contributed by atoms with E-state index in [1.807, 2.05) is 36.4 Å². The first-order chi connectivity index (χ1) is 16.7. The molecule has 1 aromatic heterocycles. The summed E-state index contributed by atoms with van der Waals surface area (Å²) in [5.41, 5.74) is 6.83. The molecule has 35 heavy (non-hydrogen) atoms. The number of pyridine rings is 1. The molecule has 1 heterocycles. The van der Waals surface area contributed by atoms with E-state index in [1.165, 1.54) is 16.8 Å². The number of primary sulfonamides is 1. The molecule has 0 atom stereocenters. The molecule has 0 radical (unpaired) electrons. The monoisotopic (exact) mass is 512 g/mol. The van der Waals surface area contributed by atoms with Crippen LogP contribution in [-0.4, -0.2) is 8.42 Å². The number of nitrogens with two attached hydrogens (primary N) is 1. The number of hydrogen-bond donors (Lipinski definition) is 1. The van der Waals surface area contributed by atoms with Crippen molar-refractivity contribution in [2.75, 3.05) is 0 Å². The van der Waals surface area contributed by atoms with Gasteiger partial charge in [0, 0.05) is 29.7 Å². The summed E-state index contributed by atoms with van der Waals surface area (Å²) >= 11 is 0. The van der Waals surface area contributed by atoms with E-state index < -0.39 is 20.8 Å². The molecule has 0 saturated carbocycles. The van der Waals surface area contributed by atoms with Gasteiger partial charge in [0.1, 0.15) is 0 Å². The lowest BCUT2D eigenvalue weighted by Gasteiger charge is -2.12. The Kier molecular flexibility index (Phi) is 9.11. The van der Waals surface area contributed by atoms with Gasteiger partial charge in [-0.3, -0.25) is 0 Å². The van der Waals surface area contributed by atoms with Gasteiger partial charge < -0.3 is 14.0 Å². The highest BCUT2D eigenvalue weighted by Crippen LogP contribution is 2.26. The maximum absolute atomic E-state index is 11.6. The predicted octanol–water partition coefficient (Wildman–Crippen LogP) is 0.999. The Morgan fingerprint density at radius 1 is 0.771 bits per heavy atom. The molecule has 4 rings (SSSR count). The molecule has 182 valence electrons. The molecule has 0 fully saturated rings. The van der Waals surface area contributed by atoms with Crippen molar-refractivity contribution < 1.29 is 37.7 Å². The van der Waals surface area contributed by atoms with Crippen molar-refractivity contribution in [2.45, 2.75) is 24.8 Å². The van der Waals surface area contributed by atoms with E-state index in [0.717, 1.165) is 23.2 Å². The summed E-state index contributed by atoms with van der Waals surface area (Å²) in [6, 6.07) is 32.0. The number of halogens is 1. The zero-order valence-electron chi connectivity index (χ0n) is 19.0. The van der Waals surface area contributed by atoms with E-state index in [2.05, 4.69) is 60.0 Å². The third-order valence-corrected chi connectivity index (χ3v) is 6.31. The molecule has 3 aromatic carbocycles. The van der Waals surface area contributed by atoms with E-state index in [-0.39, 0.29) is 4.90 Å². The highest BCUT2D eigenvalue weighted by atomic mass is 35.6. The smallest absolute Gasteiger partial charge is 0.238 e. The van der Waals surface area contributed by atoms with Crippen molar-refractivity contribution in [1.82, 2.24) is 0 Å². The van der Waals surface area contributed by atoms with Gasteiger partial charge in [-0.15, -0.1) is 0 Å². The maximum atomic E-state index is 11.6. The molecule has 0 aliphatic heterocycles. The standard InChI is InChI=1S/C26H25N2O2S.ClO3/c1-2-24-17-23(21-9-5-3-6-10-21)18-26(22-11-7-4-8-12-22)28(24)19-20-13-15-25(16-14-20)31(27,29)30;2-1(3)4/h3-18H,2,19H2,1H3,(H2,27,29,30);/q+1;-1. The van der Waals surface area contributed by atoms with Crippen LogP contribution in [0.2, 0.25) is 0 Å². The fraction of sp³-hybridized carbons (Fsp3) is 0.115. The van der Waals surface area contributed by atoms with Gasteiger partial charge >= 0.3 is 0 Å².